The van der Waals surface area contributed by atoms with Gasteiger partial charge in [-0.25, -0.2) is 0 Å². The normalized spacial score (nSPS) is 10.2. The molecule has 0 saturated carbocycles. The minimum absolute atomic E-state index is 0.134. The van der Waals surface area contributed by atoms with Crippen molar-refractivity contribution in [2.45, 2.75) is 6.92 Å². The molecule has 0 fully saturated rings. The van der Waals surface area contributed by atoms with E-state index in [1.54, 1.807) is 24.3 Å². The Morgan fingerprint density at radius 1 is 1.10 bits per heavy atom. The van der Waals surface area contributed by atoms with Crippen LogP contribution in [0.2, 0.25) is 0 Å². The zero-order valence-corrected chi connectivity index (χ0v) is 12.0. The van der Waals surface area contributed by atoms with Crippen molar-refractivity contribution in [2.24, 2.45) is 0 Å². The number of nitrogen functional groups attached to an aromatic ring is 1. The number of nitrogens with two attached hydrogens (primary N) is 1. The predicted molar refractivity (Wildman–Crippen MR) is 84.3 cm³/mol. The van der Waals surface area contributed by atoms with Crippen LogP contribution >= 0.6 is 0 Å². The van der Waals surface area contributed by atoms with Crippen LogP contribution in [-0.2, 0) is 0 Å². The van der Waals surface area contributed by atoms with E-state index in [1.807, 2.05) is 44.1 Å². The second-order valence-electron chi connectivity index (χ2n) is 4.97. The lowest BCUT2D eigenvalue weighted by Gasteiger charge is -2.15. The number of hydrogen-bond acceptors (Lipinski definition) is 3. The monoisotopic (exact) mass is 269 g/mol. The lowest BCUT2D eigenvalue weighted by Crippen LogP contribution is -2.14. The summed E-state index contributed by atoms with van der Waals surface area (Å²) in [6.45, 7) is 1.98. The van der Waals surface area contributed by atoms with Crippen molar-refractivity contribution < 1.29 is 4.79 Å². The second kappa shape index (κ2) is 5.65. The summed E-state index contributed by atoms with van der Waals surface area (Å²) in [5.41, 5.74) is 9.80. The molecule has 4 heteroatoms. The maximum absolute atomic E-state index is 12.1. The lowest BCUT2D eigenvalue weighted by molar-refractivity contribution is 0.102. The van der Waals surface area contributed by atoms with Gasteiger partial charge in [0.05, 0.1) is 0 Å². The fraction of sp³-hybridized carbons (Fsp3) is 0.188. The van der Waals surface area contributed by atoms with Crippen LogP contribution in [0.1, 0.15) is 15.9 Å². The average Bonchev–Trinajstić information content (AvgIpc) is 2.41. The van der Waals surface area contributed by atoms with E-state index in [0.29, 0.717) is 11.3 Å². The highest BCUT2D eigenvalue weighted by atomic mass is 16.1. The number of aryl methyl sites for hydroxylation is 1. The van der Waals surface area contributed by atoms with E-state index in [-0.39, 0.29) is 5.91 Å². The summed E-state index contributed by atoms with van der Waals surface area (Å²) >= 11 is 0. The predicted octanol–water partition coefficient (Wildman–Crippen LogP) is 2.90. The third-order valence-corrected chi connectivity index (χ3v) is 3.15. The Morgan fingerprint density at radius 2 is 1.75 bits per heavy atom. The molecule has 2 aromatic rings. The number of nitrogens with zero attached hydrogens (tertiary/aromatic N) is 1. The SMILES string of the molecule is Cc1cc(N(C)C)ccc1NC(=O)c1ccc(N)cc1. The molecule has 20 heavy (non-hydrogen) atoms. The van der Waals surface area contributed by atoms with E-state index >= 15 is 0 Å². The molecule has 0 spiro atoms. The van der Waals surface area contributed by atoms with E-state index in [2.05, 4.69) is 5.32 Å². The van der Waals surface area contributed by atoms with Crippen LogP contribution in [0, 0.1) is 6.92 Å². The smallest absolute Gasteiger partial charge is 0.255 e. The standard InChI is InChI=1S/C16H19N3O/c1-11-10-14(19(2)3)8-9-15(11)18-16(20)12-4-6-13(17)7-5-12/h4-10H,17H2,1-3H3,(H,18,20). The summed E-state index contributed by atoms with van der Waals surface area (Å²) < 4.78 is 0. The first kappa shape index (κ1) is 13.9. The molecule has 0 unspecified atom stereocenters. The molecule has 4 nitrogen and oxygen atoms in total. The third-order valence-electron chi connectivity index (χ3n) is 3.15. The van der Waals surface area contributed by atoms with Crippen LogP contribution in [0.15, 0.2) is 42.5 Å². The second-order valence-corrected chi connectivity index (χ2v) is 4.97. The molecule has 0 bridgehead atoms. The van der Waals surface area contributed by atoms with Gasteiger partial charge in [0, 0.05) is 36.7 Å². The van der Waals surface area contributed by atoms with Crippen LogP contribution in [-0.4, -0.2) is 20.0 Å². The van der Waals surface area contributed by atoms with Crippen LogP contribution in [0.5, 0.6) is 0 Å². The molecule has 2 aromatic carbocycles. The van der Waals surface area contributed by atoms with Gasteiger partial charge < -0.3 is 16.0 Å². The Balaban J connectivity index is 2.17. The Bertz CT molecular complexity index is 618. The van der Waals surface area contributed by atoms with Gasteiger partial charge in [-0.2, -0.15) is 0 Å². The first-order chi connectivity index (χ1) is 9.47. The molecule has 0 aromatic heterocycles. The Morgan fingerprint density at radius 3 is 2.30 bits per heavy atom. The highest BCUT2D eigenvalue weighted by molar-refractivity contribution is 6.04. The van der Waals surface area contributed by atoms with Gasteiger partial charge in [-0.3, -0.25) is 4.79 Å². The highest BCUT2D eigenvalue weighted by Gasteiger charge is 2.08. The number of hydrogen-bond donors (Lipinski definition) is 2. The largest absolute Gasteiger partial charge is 0.399 e. The van der Waals surface area contributed by atoms with Crippen molar-refractivity contribution in [3.8, 4) is 0 Å². The molecule has 104 valence electrons. The summed E-state index contributed by atoms with van der Waals surface area (Å²) in [6.07, 6.45) is 0. The molecular formula is C16H19N3O. The quantitative estimate of drug-likeness (QED) is 0.842. The topological polar surface area (TPSA) is 58.4 Å². The fourth-order valence-corrected chi connectivity index (χ4v) is 1.90. The molecule has 0 aliphatic heterocycles. The lowest BCUT2D eigenvalue weighted by atomic mass is 10.1. The first-order valence-corrected chi connectivity index (χ1v) is 6.42. The molecule has 0 aliphatic rings. The minimum Gasteiger partial charge on any atom is -0.399 e. The van der Waals surface area contributed by atoms with Crippen molar-refractivity contribution in [1.29, 1.82) is 0 Å². The molecule has 1 amide bonds. The summed E-state index contributed by atoms with van der Waals surface area (Å²) in [7, 11) is 3.98. The van der Waals surface area contributed by atoms with Gasteiger partial charge in [0.1, 0.15) is 0 Å². The van der Waals surface area contributed by atoms with Gasteiger partial charge in [0.25, 0.3) is 5.91 Å². The molecule has 0 saturated heterocycles. The van der Waals surface area contributed by atoms with Crippen LogP contribution in [0.4, 0.5) is 17.1 Å². The zero-order valence-electron chi connectivity index (χ0n) is 12.0. The van der Waals surface area contributed by atoms with E-state index in [0.717, 1.165) is 16.9 Å². The average molecular weight is 269 g/mol. The summed E-state index contributed by atoms with van der Waals surface area (Å²) in [5, 5.41) is 2.91. The van der Waals surface area contributed by atoms with Crippen molar-refractivity contribution in [1.82, 2.24) is 0 Å². The third kappa shape index (κ3) is 3.09. The molecule has 0 aliphatic carbocycles. The van der Waals surface area contributed by atoms with E-state index in [1.165, 1.54) is 0 Å². The van der Waals surface area contributed by atoms with Crippen LogP contribution < -0.4 is 16.0 Å². The van der Waals surface area contributed by atoms with Gasteiger partial charge in [-0.1, -0.05) is 0 Å². The van der Waals surface area contributed by atoms with Crippen LogP contribution in [0.25, 0.3) is 0 Å². The maximum Gasteiger partial charge on any atom is 0.255 e. The molecular weight excluding hydrogens is 250 g/mol. The number of carbonyl (C=O) groups excluding carboxylic acids is 1. The number of amides is 1. The maximum atomic E-state index is 12.1. The fourth-order valence-electron chi connectivity index (χ4n) is 1.90. The minimum atomic E-state index is -0.134. The first-order valence-electron chi connectivity index (χ1n) is 6.42. The number of carbonyl (C=O) groups is 1. The Labute approximate surface area is 119 Å². The Kier molecular flexibility index (Phi) is 3.94. The Hall–Kier alpha value is -2.49. The van der Waals surface area contributed by atoms with E-state index in [9.17, 15) is 4.79 Å². The van der Waals surface area contributed by atoms with Crippen molar-refractivity contribution in [3.05, 3.63) is 53.6 Å². The van der Waals surface area contributed by atoms with Gasteiger partial charge in [-0.15, -0.1) is 0 Å². The van der Waals surface area contributed by atoms with Gasteiger partial charge in [0.15, 0.2) is 0 Å². The number of benzene rings is 2. The molecule has 0 radical (unpaired) electrons. The summed E-state index contributed by atoms with van der Waals surface area (Å²) in [5.74, 6) is -0.134. The summed E-state index contributed by atoms with van der Waals surface area (Å²) in [6, 6.07) is 12.8. The van der Waals surface area contributed by atoms with Crippen molar-refractivity contribution in [3.63, 3.8) is 0 Å². The number of anilines is 3. The van der Waals surface area contributed by atoms with E-state index in [4.69, 9.17) is 5.73 Å². The van der Waals surface area contributed by atoms with Gasteiger partial charge in [-0.05, 0) is 55.0 Å². The number of nitrogens with one attached hydrogen (secondary N) is 1. The van der Waals surface area contributed by atoms with Crippen LogP contribution in [0.3, 0.4) is 0 Å². The molecule has 0 heterocycles. The molecule has 2 rings (SSSR count). The molecule has 0 atom stereocenters. The van der Waals surface area contributed by atoms with Gasteiger partial charge in [0.2, 0.25) is 0 Å². The molecule has 3 N–H and O–H groups in total. The van der Waals surface area contributed by atoms with Gasteiger partial charge >= 0.3 is 0 Å². The highest BCUT2D eigenvalue weighted by Crippen LogP contribution is 2.22. The zero-order chi connectivity index (χ0) is 14.7. The number of rotatable bonds is 3. The van der Waals surface area contributed by atoms with E-state index < -0.39 is 0 Å². The van der Waals surface area contributed by atoms with Crippen molar-refractivity contribution >= 4 is 23.0 Å². The van der Waals surface area contributed by atoms with Crippen molar-refractivity contribution in [2.75, 3.05) is 30.0 Å². The summed E-state index contributed by atoms with van der Waals surface area (Å²) in [4.78, 5) is 14.2.